The number of carbonyl (C=O) groups excluding carboxylic acids is 1. The highest BCUT2D eigenvalue weighted by atomic mass is 16.2. The molecule has 1 aromatic carbocycles. The number of nitrogens with zero attached hydrogens (tertiary/aromatic N) is 3. The van der Waals surface area contributed by atoms with E-state index in [0.717, 1.165) is 35.4 Å². The summed E-state index contributed by atoms with van der Waals surface area (Å²) in [4.78, 5) is 19.6. The molecule has 3 aromatic rings. The molecule has 0 saturated heterocycles. The predicted molar refractivity (Wildman–Crippen MR) is 87.2 cm³/mol. The second kappa shape index (κ2) is 4.59. The summed E-state index contributed by atoms with van der Waals surface area (Å²) in [6.45, 7) is 0. The Labute approximate surface area is 133 Å². The number of anilines is 1. The maximum Gasteiger partial charge on any atom is 0.258 e. The van der Waals surface area contributed by atoms with E-state index in [2.05, 4.69) is 5.32 Å². The zero-order valence-electron chi connectivity index (χ0n) is 12.5. The third-order valence-corrected chi connectivity index (χ3v) is 4.57. The highest BCUT2D eigenvalue weighted by molar-refractivity contribution is 6.02. The normalized spacial score (nSPS) is 20.4. The molecular weight excluding hydrogens is 288 g/mol. The molecule has 1 saturated carbocycles. The van der Waals surface area contributed by atoms with Crippen LogP contribution in [-0.4, -0.2) is 26.2 Å². The first-order valence-electron chi connectivity index (χ1n) is 7.93. The number of carbonyl (C=O) groups is 1. The molecule has 5 rings (SSSR count). The van der Waals surface area contributed by atoms with E-state index in [4.69, 9.17) is 4.98 Å². The SMILES string of the molecule is O=C1c2ccccc2NC(c2cn3ccccc3n2)N1C1CC1. The number of rotatable bonds is 2. The van der Waals surface area contributed by atoms with Gasteiger partial charge < -0.3 is 14.6 Å². The smallest absolute Gasteiger partial charge is 0.258 e. The minimum absolute atomic E-state index is 0.101. The Morgan fingerprint density at radius 2 is 1.91 bits per heavy atom. The molecule has 2 aliphatic rings. The van der Waals surface area contributed by atoms with E-state index in [1.165, 1.54) is 0 Å². The molecule has 1 N–H and O–H groups in total. The predicted octanol–water partition coefficient (Wildman–Crippen LogP) is 3.06. The molecule has 1 unspecified atom stereocenters. The van der Waals surface area contributed by atoms with Crippen molar-refractivity contribution in [2.75, 3.05) is 5.32 Å². The van der Waals surface area contributed by atoms with Gasteiger partial charge in [0.25, 0.3) is 5.91 Å². The lowest BCUT2D eigenvalue weighted by molar-refractivity contribution is 0.0663. The Bertz CT molecular complexity index is 879. The first kappa shape index (κ1) is 12.7. The first-order valence-corrected chi connectivity index (χ1v) is 7.93. The van der Waals surface area contributed by atoms with Gasteiger partial charge in [0.1, 0.15) is 17.5 Å². The van der Waals surface area contributed by atoms with Crippen molar-refractivity contribution in [3.8, 4) is 0 Å². The summed E-state index contributed by atoms with van der Waals surface area (Å²) in [7, 11) is 0. The van der Waals surface area contributed by atoms with Gasteiger partial charge in [-0.3, -0.25) is 4.79 Å². The van der Waals surface area contributed by atoms with Crippen molar-refractivity contribution >= 4 is 17.2 Å². The van der Waals surface area contributed by atoms with Crippen LogP contribution < -0.4 is 5.32 Å². The Hall–Kier alpha value is -2.82. The molecule has 1 aliphatic heterocycles. The van der Waals surface area contributed by atoms with Crippen LogP contribution in [0.1, 0.15) is 35.1 Å². The van der Waals surface area contributed by atoms with Crippen molar-refractivity contribution in [2.24, 2.45) is 0 Å². The number of nitrogens with one attached hydrogen (secondary N) is 1. The van der Waals surface area contributed by atoms with Gasteiger partial charge in [-0.05, 0) is 37.1 Å². The van der Waals surface area contributed by atoms with Crippen molar-refractivity contribution in [3.63, 3.8) is 0 Å². The molecule has 5 nitrogen and oxygen atoms in total. The van der Waals surface area contributed by atoms with Gasteiger partial charge in [-0.25, -0.2) is 4.98 Å². The number of aromatic nitrogens is 2. The summed E-state index contributed by atoms with van der Waals surface area (Å²) in [5, 5.41) is 3.51. The van der Waals surface area contributed by atoms with Crippen molar-refractivity contribution in [3.05, 3.63) is 66.1 Å². The fraction of sp³-hybridized carbons (Fsp3) is 0.222. The summed E-state index contributed by atoms with van der Waals surface area (Å²) in [6, 6.07) is 14.0. The minimum Gasteiger partial charge on any atom is -0.359 e. The zero-order valence-corrected chi connectivity index (χ0v) is 12.5. The maximum absolute atomic E-state index is 12.9. The highest BCUT2D eigenvalue weighted by Gasteiger charge is 2.42. The molecule has 1 atom stereocenters. The van der Waals surface area contributed by atoms with E-state index in [1.54, 1.807) is 0 Å². The third-order valence-electron chi connectivity index (χ3n) is 4.57. The quantitative estimate of drug-likeness (QED) is 0.791. The maximum atomic E-state index is 12.9. The molecule has 1 aliphatic carbocycles. The van der Waals surface area contributed by atoms with E-state index >= 15 is 0 Å². The molecule has 0 spiro atoms. The van der Waals surface area contributed by atoms with Crippen LogP contribution in [0.3, 0.4) is 0 Å². The average Bonchev–Trinajstić information content (AvgIpc) is 3.32. The summed E-state index contributed by atoms with van der Waals surface area (Å²) in [6.07, 6.45) is 5.92. The van der Waals surface area contributed by atoms with Crippen LogP contribution in [0.15, 0.2) is 54.9 Å². The topological polar surface area (TPSA) is 49.6 Å². The van der Waals surface area contributed by atoms with Gasteiger partial charge >= 0.3 is 0 Å². The van der Waals surface area contributed by atoms with Crippen LogP contribution in [-0.2, 0) is 0 Å². The number of para-hydroxylation sites is 1. The lowest BCUT2D eigenvalue weighted by atomic mass is 10.1. The van der Waals surface area contributed by atoms with Crippen LogP contribution in [0.4, 0.5) is 5.69 Å². The molecule has 3 heterocycles. The summed E-state index contributed by atoms with van der Waals surface area (Å²) in [5.41, 5.74) is 3.41. The minimum atomic E-state index is -0.204. The van der Waals surface area contributed by atoms with Gasteiger partial charge in [-0.15, -0.1) is 0 Å². The summed E-state index contributed by atoms with van der Waals surface area (Å²) in [5.74, 6) is 0.101. The number of pyridine rings is 1. The molecule has 23 heavy (non-hydrogen) atoms. The Morgan fingerprint density at radius 3 is 2.74 bits per heavy atom. The van der Waals surface area contributed by atoms with Crippen LogP contribution in [0.2, 0.25) is 0 Å². The molecule has 1 fully saturated rings. The lowest BCUT2D eigenvalue weighted by Crippen LogP contribution is -2.44. The van der Waals surface area contributed by atoms with E-state index < -0.39 is 0 Å². The number of hydrogen-bond acceptors (Lipinski definition) is 3. The van der Waals surface area contributed by atoms with E-state index in [0.29, 0.717) is 6.04 Å². The largest absolute Gasteiger partial charge is 0.359 e. The monoisotopic (exact) mass is 304 g/mol. The van der Waals surface area contributed by atoms with Crippen molar-refractivity contribution in [1.29, 1.82) is 0 Å². The van der Waals surface area contributed by atoms with Crippen LogP contribution in [0.25, 0.3) is 5.65 Å². The zero-order chi connectivity index (χ0) is 15.4. The Balaban J connectivity index is 1.64. The molecule has 2 aromatic heterocycles. The molecule has 0 radical (unpaired) electrons. The van der Waals surface area contributed by atoms with Crippen molar-refractivity contribution < 1.29 is 4.79 Å². The third kappa shape index (κ3) is 1.93. The fourth-order valence-electron chi connectivity index (χ4n) is 3.30. The molecule has 0 bridgehead atoms. The standard InChI is InChI=1S/C18H16N4O/c23-18-13-5-1-2-6-14(13)20-17(22(18)12-8-9-12)15-11-21-10-4-3-7-16(21)19-15/h1-7,10-12,17,20H,8-9H2. The first-order chi connectivity index (χ1) is 11.3. The van der Waals surface area contributed by atoms with Gasteiger partial charge in [-0.2, -0.15) is 0 Å². The summed E-state index contributed by atoms with van der Waals surface area (Å²) < 4.78 is 1.99. The average molecular weight is 304 g/mol. The van der Waals surface area contributed by atoms with E-state index in [-0.39, 0.29) is 12.1 Å². The van der Waals surface area contributed by atoms with Gasteiger partial charge in [0.15, 0.2) is 0 Å². The van der Waals surface area contributed by atoms with Crippen molar-refractivity contribution in [1.82, 2.24) is 14.3 Å². The Morgan fingerprint density at radius 1 is 1.09 bits per heavy atom. The number of amides is 1. The van der Waals surface area contributed by atoms with Gasteiger partial charge in [0.05, 0.1) is 5.56 Å². The molecule has 5 heteroatoms. The molecule has 114 valence electrons. The highest BCUT2D eigenvalue weighted by Crippen LogP contribution is 2.40. The van der Waals surface area contributed by atoms with Crippen LogP contribution >= 0.6 is 0 Å². The second-order valence-corrected chi connectivity index (χ2v) is 6.17. The number of imidazole rings is 1. The van der Waals surface area contributed by atoms with Gasteiger partial charge in [-0.1, -0.05) is 18.2 Å². The summed E-state index contributed by atoms with van der Waals surface area (Å²) >= 11 is 0. The lowest BCUT2D eigenvalue weighted by Gasteiger charge is -2.37. The van der Waals surface area contributed by atoms with Gasteiger partial charge in [0.2, 0.25) is 0 Å². The van der Waals surface area contributed by atoms with Crippen LogP contribution in [0.5, 0.6) is 0 Å². The molecule has 1 amide bonds. The van der Waals surface area contributed by atoms with Crippen molar-refractivity contribution in [2.45, 2.75) is 25.0 Å². The molecular formula is C18H16N4O. The number of benzene rings is 1. The fourth-order valence-corrected chi connectivity index (χ4v) is 3.30. The van der Waals surface area contributed by atoms with E-state index in [1.807, 2.05) is 64.2 Å². The van der Waals surface area contributed by atoms with E-state index in [9.17, 15) is 4.79 Å². The van der Waals surface area contributed by atoms with Crippen LogP contribution in [0, 0.1) is 0 Å². The second-order valence-electron chi connectivity index (χ2n) is 6.17. The number of fused-ring (bicyclic) bond motifs is 2. The number of hydrogen-bond donors (Lipinski definition) is 1. The Kier molecular flexibility index (Phi) is 2.53. The van der Waals surface area contributed by atoms with Gasteiger partial charge in [0, 0.05) is 24.1 Å².